The molecule has 0 spiro atoms. The number of carbonyl (C=O) groups is 1. The number of fused-ring (bicyclic) bond motifs is 5. The van der Waals surface area contributed by atoms with E-state index in [1.165, 1.54) is 4.57 Å². The van der Waals surface area contributed by atoms with E-state index < -0.39 is 13.0 Å². The molecule has 46 heavy (non-hydrogen) atoms. The van der Waals surface area contributed by atoms with Crippen molar-refractivity contribution in [2.75, 3.05) is 0 Å². The molecule has 0 N–H and O–H groups in total. The molecule has 4 nitrogen and oxygen atoms in total. The highest BCUT2D eigenvalue weighted by Crippen LogP contribution is 2.55. The Bertz CT molecular complexity index is 2250. The van der Waals surface area contributed by atoms with Crippen LogP contribution in [0, 0.1) is 20.8 Å². The molecule has 0 fully saturated rings. The molecular weight excluding hydrogens is 677 g/mol. The quantitative estimate of drug-likeness (QED) is 0.104. The minimum atomic E-state index is -2.99. The van der Waals surface area contributed by atoms with E-state index in [4.69, 9.17) is 51.1 Å². The van der Waals surface area contributed by atoms with E-state index in [9.17, 15) is 9.59 Å². The summed E-state index contributed by atoms with van der Waals surface area (Å²) in [5.74, 6) is -0.465. The Balaban J connectivity index is 1.76. The normalized spacial score (nSPS) is 12.4. The van der Waals surface area contributed by atoms with E-state index in [1.54, 1.807) is 24.3 Å². The van der Waals surface area contributed by atoms with E-state index >= 15 is 0 Å². The fraction of sp³-hybridized carbons (Fsp3) is 0.0811. The molecule has 0 aliphatic carbocycles. The standard InChI is InChI=1S/C37H25Cl4N2O2P/c1-20-8-14-23(15-9-20)46(24-16-10-21(2)11-17-24,25-18-12-22(3)13-19-25)42-34-35-28-29(31(39)33(41)32(40)30(28)38)37(45)43(35)27-7-5-4-6-26(27)36(34)44/h4-19H,1-3H3. The van der Waals surface area contributed by atoms with Crippen LogP contribution < -0.4 is 21.3 Å². The van der Waals surface area contributed by atoms with Crippen LogP contribution in [0.4, 0.5) is 5.69 Å². The molecule has 0 amide bonds. The fourth-order valence-corrected chi connectivity index (χ4v) is 10.6. The smallest absolute Gasteiger partial charge is 0.265 e. The molecule has 5 aromatic carbocycles. The van der Waals surface area contributed by atoms with Crippen LogP contribution in [0.15, 0.2) is 107 Å². The number of rotatable bonds is 4. The molecule has 7 rings (SSSR count). The SMILES string of the molecule is Cc1ccc(P(=Nc2c3n(c4ccccc4c2=O)C(=O)c2c(Cl)c(Cl)c(Cl)c(Cl)c2-3)(c2ccc(C)cc2)c2ccc(C)cc2)cc1. The number of aryl methyl sites for hydroxylation is 3. The second-order valence-corrected chi connectivity index (χ2v) is 16.0. The number of hydrogen-bond donors (Lipinski definition) is 0. The average molecular weight is 702 g/mol. The van der Waals surface area contributed by atoms with Gasteiger partial charge < -0.3 is 0 Å². The van der Waals surface area contributed by atoms with E-state index in [-0.39, 0.29) is 48.0 Å². The van der Waals surface area contributed by atoms with Gasteiger partial charge in [0.25, 0.3) is 5.91 Å². The van der Waals surface area contributed by atoms with Crippen LogP contribution in [0.1, 0.15) is 27.0 Å². The third-order valence-corrected chi connectivity index (χ3v) is 13.9. The highest BCUT2D eigenvalue weighted by atomic mass is 35.5. The molecule has 0 radical (unpaired) electrons. The first-order chi connectivity index (χ1) is 22.0. The van der Waals surface area contributed by atoms with E-state index in [1.807, 2.05) is 20.8 Å². The Kier molecular flexibility index (Phi) is 7.79. The van der Waals surface area contributed by atoms with Crippen LogP contribution in [-0.4, -0.2) is 10.5 Å². The average Bonchev–Trinajstić information content (AvgIpc) is 3.37. The van der Waals surface area contributed by atoms with Gasteiger partial charge in [0.2, 0.25) is 5.43 Å². The molecule has 0 atom stereocenters. The van der Waals surface area contributed by atoms with E-state index in [0.29, 0.717) is 10.9 Å². The second-order valence-electron chi connectivity index (χ2n) is 11.4. The molecular formula is C37H25Cl4N2O2P. The van der Waals surface area contributed by atoms with Crippen LogP contribution in [0.5, 0.6) is 0 Å². The van der Waals surface area contributed by atoms with Gasteiger partial charge in [-0.1, -0.05) is 148 Å². The van der Waals surface area contributed by atoms with E-state index in [0.717, 1.165) is 32.6 Å². The minimum Gasteiger partial charge on any atom is -0.287 e. The summed E-state index contributed by atoms with van der Waals surface area (Å²) < 4.78 is 7.09. The van der Waals surface area contributed by atoms with Crippen LogP contribution in [0.25, 0.3) is 22.2 Å². The van der Waals surface area contributed by atoms with Gasteiger partial charge in [-0.2, -0.15) is 0 Å². The van der Waals surface area contributed by atoms with Crippen LogP contribution in [0.2, 0.25) is 20.1 Å². The van der Waals surface area contributed by atoms with Crippen LogP contribution in [-0.2, 0) is 0 Å². The molecule has 2 heterocycles. The largest absolute Gasteiger partial charge is 0.287 e. The number of halogens is 4. The van der Waals surface area contributed by atoms with E-state index in [2.05, 4.69) is 72.8 Å². The maximum absolute atomic E-state index is 14.8. The van der Waals surface area contributed by atoms with Crippen molar-refractivity contribution in [3.8, 4) is 11.3 Å². The number of para-hydroxylation sites is 1. The lowest BCUT2D eigenvalue weighted by atomic mass is 10.0. The van der Waals surface area contributed by atoms with Crippen molar-refractivity contribution in [1.82, 2.24) is 4.57 Å². The van der Waals surface area contributed by atoms with Crippen molar-refractivity contribution in [2.24, 2.45) is 4.74 Å². The number of nitrogens with zero attached hydrogens (tertiary/aromatic N) is 2. The Morgan fingerprint density at radius 3 is 1.48 bits per heavy atom. The van der Waals surface area contributed by atoms with Gasteiger partial charge in [-0.15, -0.1) is 0 Å². The summed E-state index contributed by atoms with van der Waals surface area (Å²) >= 11 is 26.6. The first kappa shape index (κ1) is 31.0. The minimum absolute atomic E-state index is 0.00319. The van der Waals surface area contributed by atoms with Gasteiger partial charge in [-0.3, -0.25) is 14.2 Å². The van der Waals surface area contributed by atoms with Gasteiger partial charge in [0.15, 0.2) is 0 Å². The van der Waals surface area contributed by atoms with Crippen molar-refractivity contribution < 1.29 is 4.79 Å². The zero-order valence-corrected chi connectivity index (χ0v) is 28.8. The topological polar surface area (TPSA) is 51.4 Å². The first-order valence-corrected chi connectivity index (χ1v) is 17.7. The zero-order chi connectivity index (χ0) is 32.5. The van der Waals surface area contributed by atoms with Crippen LogP contribution in [0.3, 0.4) is 0 Å². The second kappa shape index (κ2) is 11.6. The van der Waals surface area contributed by atoms with Crippen molar-refractivity contribution in [1.29, 1.82) is 0 Å². The number of benzene rings is 5. The summed E-state index contributed by atoms with van der Waals surface area (Å²) in [5, 5.41) is 3.14. The highest BCUT2D eigenvalue weighted by molar-refractivity contribution is 7.87. The van der Waals surface area contributed by atoms with Gasteiger partial charge >= 0.3 is 0 Å². The van der Waals surface area contributed by atoms with Gasteiger partial charge in [-0.25, -0.2) is 4.74 Å². The fourth-order valence-electron chi connectivity index (χ4n) is 6.07. The molecule has 0 saturated carbocycles. The van der Waals surface area contributed by atoms with Crippen molar-refractivity contribution in [3.05, 3.63) is 150 Å². The maximum atomic E-state index is 14.8. The Morgan fingerprint density at radius 2 is 1.00 bits per heavy atom. The van der Waals surface area contributed by atoms with Gasteiger partial charge in [0.05, 0.1) is 43.9 Å². The zero-order valence-electron chi connectivity index (χ0n) is 24.9. The summed E-state index contributed by atoms with van der Waals surface area (Å²) in [6.07, 6.45) is 0. The van der Waals surface area contributed by atoms with Crippen molar-refractivity contribution in [3.63, 3.8) is 0 Å². The Morgan fingerprint density at radius 1 is 0.565 bits per heavy atom. The Labute approximate surface area is 286 Å². The van der Waals surface area contributed by atoms with Gasteiger partial charge in [-0.05, 0) is 32.9 Å². The summed E-state index contributed by atoms with van der Waals surface area (Å²) in [6.45, 7) is 6.10. The lowest BCUT2D eigenvalue weighted by molar-refractivity contribution is 0.0973. The number of aromatic nitrogens is 1. The molecule has 6 aromatic rings. The summed E-state index contributed by atoms with van der Waals surface area (Å²) in [5.41, 5.74) is 4.00. The lowest BCUT2D eigenvalue weighted by Crippen LogP contribution is -2.26. The summed E-state index contributed by atoms with van der Waals surface area (Å²) in [4.78, 5) is 29.0. The third-order valence-electron chi connectivity index (χ3n) is 8.45. The number of pyridine rings is 1. The number of hydrogen-bond acceptors (Lipinski definition) is 3. The molecule has 1 aromatic heterocycles. The monoisotopic (exact) mass is 700 g/mol. The predicted octanol–water partition coefficient (Wildman–Crippen LogP) is 10.0. The summed E-state index contributed by atoms with van der Waals surface area (Å²) in [6, 6.07) is 31.7. The first-order valence-electron chi connectivity index (χ1n) is 14.5. The molecule has 1 aliphatic rings. The number of carbonyl (C=O) groups excluding carboxylic acids is 1. The van der Waals surface area contributed by atoms with Gasteiger partial charge in [0.1, 0.15) is 5.69 Å². The van der Waals surface area contributed by atoms with Gasteiger partial charge in [0, 0.05) is 26.9 Å². The molecule has 9 heteroatoms. The molecule has 1 aliphatic heterocycles. The van der Waals surface area contributed by atoms with Crippen molar-refractivity contribution >= 4 is 91.9 Å². The maximum Gasteiger partial charge on any atom is 0.265 e. The Hall–Kier alpha value is -3.63. The van der Waals surface area contributed by atoms with Crippen molar-refractivity contribution in [2.45, 2.75) is 20.8 Å². The molecule has 0 bridgehead atoms. The predicted molar refractivity (Wildman–Crippen MR) is 195 cm³/mol. The van der Waals surface area contributed by atoms with Crippen LogP contribution >= 0.6 is 53.5 Å². The summed E-state index contributed by atoms with van der Waals surface area (Å²) in [7, 11) is -2.99. The molecule has 0 unspecified atom stereocenters. The molecule has 228 valence electrons. The third kappa shape index (κ3) is 4.62. The lowest BCUT2D eigenvalue weighted by Gasteiger charge is -2.28. The molecule has 0 saturated heterocycles. The highest BCUT2D eigenvalue weighted by Gasteiger charge is 2.39.